The average Bonchev–Trinajstić information content (AvgIpc) is 3.25. The lowest BCUT2D eigenvalue weighted by molar-refractivity contribution is 0.485. The maximum absolute atomic E-state index is 11.7. The van der Waals surface area contributed by atoms with Gasteiger partial charge in [0, 0.05) is 54.9 Å². The second kappa shape index (κ2) is 7.64. The topological polar surface area (TPSA) is 90.3 Å². The van der Waals surface area contributed by atoms with Crippen LogP contribution in [0.5, 0.6) is 0 Å². The van der Waals surface area contributed by atoms with Gasteiger partial charge in [-0.05, 0) is 49.4 Å². The van der Waals surface area contributed by atoms with Crippen molar-refractivity contribution < 1.29 is 0 Å². The Hall–Kier alpha value is -3.65. The van der Waals surface area contributed by atoms with Gasteiger partial charge in [0.25, 0.3) is 0 Å². The van der Waals surface area contributed by atoms with Gasteiger partial charge in [0.1, 0.15) is 6.33 Å². The molecule has 8 heteroatoms. The van der Waals surface area contributed by atoms with E-state index in [1.165, 1.54) is 12.0 Å². The molecule has 1 aliphatic rings. The smallest absolute Gasteiger partial charge is 0.248 e. The van der Waals surface area contributed by atoms with E-state index in [1.807, 2.05) is 18.2 Å². The summed E-state index contributed by atoms with van der Waals surface area (Å²) in [6.07, 6.45) is 3.15. The molecule has 30 heavy (non-hydrogen) atoms. The van der Waals surface area contributed by atoms with E-state index in [9.17, 15) is 4.79 Å². The van der Waals surface area contributed by atoms with Gasteiger partial charge < -0.3 is 20.5 Å². The van der Waals surface area contributed by atoms with E-state index in [1.54, 1.807) is 16.8 Å². The molecule has 0 saturated carbocycles. The second-order valence-corrected chi connectivity index (χ2v) is 7.54. The van der Waals surface area contributed by atoms with E-state index in [0.29, 0.717) is 11.7 Å². The molecule has 5 rings (SSSR count). The van der Waals surface area contributed by atoms with E-state index < -0.39 is 0 Å². The average molecular weight is 401 g/mol. The van der Waals surface area contributed by atoms with Crippen LogP contribution in [0.4, 0.5) is 17.1 Å². The van der Waals surface area contributed by atoms with Crippen LogP contribution < -0.4 is 21.1 Å². The third-order valence-electron chi connectivity index (χ3n) is 5.38. The molecule has 3 aromatic heterocycles. The first kappa shape index (κ1) is 18.4. The standard InChI is InChI=1S/C22H23N7O/c1-15-13-28(11-10-23-15)18-4-2-17(3-5-18)27-19-6-7-20(29-22(19)25-14-26-29)16-8-9-24-21(30)12-16/h2-9,12,14-15,23,27H,10-11,13H2,1H3,(H,24,30)/t15-/m0/s1. The summed E-state index contributed by atoms with van der Waals surface area (Å²) in [5.41, 5.74) is 5.21. The van der Waals surface area contributed by atoms with Gasteiger partial charge in [0.05, 0.1) is 11.4 Å². The van der Waals surface area contributed by atoms with Gasteiger partial charge in [-0.2, -0.15) is 5.10 Å². The zero-order valence-electron chi connectivity index (χ0n) is 16.7. The Kier molecular flexibility index (Phi) is 4.68. The molecule has 0 unspecified atom stereocenters. The first-order chi connectivity index (χ1) is 14.7. The fraction of sp³-hybridized carbons (Fsp3) is 0.227. The quantitative estimate of drug-likeness (QED) is 0.487. The normalized spacial score (nSPS) is 16.7. The van der Waals surface area contributed by atoms with E-state index in [4.69, 9.17) is 0 Å². The number of H-pyrrole nitrogens is 1. The summed E-state index contributed by atoms with van der Waals surface area (Å²) in [5.74, 6) is 0. The van der Waals surface area contributed by atoms with E-state index >= 15 is 0 Å². The molecule has 1 saturated heterocycles. The molecular weight excluding hydrogens is 378 g/mol. The fourth-order valence-corrected chi connectivity index (χ4v) is 3.91. The van der Waals surface area contributed by atoms with Crippen molar-refractivity contribution >= 4 is 22.7 Å². The van der Waals surface area contributed by atoms with Crippen LogP contribution in [-0.2, 0) is 0 Å². The van der Waals surface area contributed by atoms with Crippen LogP contribution in [0, 0.1) is 0 Å². The lowest BCUT2D eigenvalue weighted by atomic mass is 10.1. The van der Waals surface area contributed by atoms with Gasteiger partial charge >= 0.3 is 0 Å². The Bertz CT molecular complexity index is 1230. The number of pyridine rings is 2. The summed E-state index contributed by atoms with van der Waals surface area (Å²) < 4.78 is 1.74. The molecular formula is C22H23N7O. The fourth-order valence-electron chi connectivity index (χ4n) is 3.91. The van der Waals surface area contributed by atoms with E-state index in [-0.39, 0.29) is 5.56 Å². The van der Waals surface area contributed by atoms with Crippen LogP contribution in [-0.4, -0.2) is 45.3 Å². The van der Waals surface area contributed by atoms with Gasteiger partial charge in [-0.1, -0.05) is 0 Å². The maximum atomic E-state index is 11.7. The van der Waals surface area contributed by atoms with Crippen molar-refractivity contribution in [3.05, 3.63) is 71.4 Å². The van der Waals surface area contributed by atoms with Crippen LogP contribution in [0.3, 0.4) is 0 Å². The molecule has 4 heterocycles. The molecule has 8 nitrogen and oxygen atoms in total. The number of rotatable bonds is 4. The minimum Gasteiger partial charge on any atom is -0.369 e. The van der Waals surface area contributed by atoms with Gasteiger partial charge in [0.2, 0.25) is 5.56 Å². The molecule has 1 fully saturated rings. The number of aromatic nitrogens is 4. The molecule has 0 aliphatic carbocycles. The van der Waals surface area contributed by atoms with E-state index in [0.717, 1.165) is 42.3 Å². The summed E-state index contributed by atoms with van der Waals surface area (Å²) >= 11 is 0. The monoisotopic (exact) mass is 401 g/mol. The van der Waals surface area contributed by atoms with Crippen molar-refractivity contribution in [3.8, 4) is 11.3 Å². The summed E-state index contributed by atoms with van der Waals surface area (Å²) in [4.78, 5) is 21.1. The Morgan fingerprint density at radius 3 is 2.80 bits per heavy atom. The van der Waals surface area contributed by atoms with Crippen molar-refractivity contribution in [1.29, 1.82) is 0 Å². The highest BCUT2D eigenvalue weighted by molar-refractivity contribution is 5.77. The number of nitrogens with zero attached hydrogens (tertiary/aromatic N) is 4. The number of hydrogen-bond donors (Lipinski definition) is 3. The molecule has 3 N–H and O–H groups in total. The van der Waals surface area contributed by atoms with Crippen LogP contribution in [0.25, 0.3) is 16.9 Å². The third kappa shape index (κ3) is 3.53. The zero-order chi connectivity index (χ0) is 20.5. The second-order valence-electron chi connectivity index (χ2n) is 7.54. The number of piperazine rings is 1. The Labute approximate surface area is 173 Å². The largest absolute Gasteiger partial charge is 0.369 e. The SMILES string of the molecule is C[C@H]1CN(c2ccc(Nc3ccc(-c4cc[nH]c(=O)c4)n4ncnc34)cc2)CCN1. The minimum atomic E-state index is -0.151. The van der Waals surface area contributed by atoms with Gasteiger partial charge in [0.15, 0.2) is 5.65 Å². The first-order valence-electron chi connectivity index (χ1n) is 10.0. The number of anilines is 3. The van der Waals surface area contributed by atoms with E-state index in [2.05, 4.69) is 61.8 Å². The summed E-state index contributed by atoms with van der Waals surface area (Å²) in [6, 6.07) is 16.3. The Morgan fingerprint density at radius 2 is 2.00 bits per heavy atom. The van der Waals surface area contributed by atoms with Gasteiger partial charge in [-0.25, -0.2) is 9.50 Å². The van der Waals surface area contributed by atoms with Crippen molar-refractivity contribution in [2.75, 3.05) is 29.9 Å². The van der Waals surface area contributed by atoms with Crippen LogP contribution in [0.2, 0.25) is 0 Å². The summed E-state index contributed by atoms with van der Waals surface area (Å²) in [5, 5.41) is 11.3. The predicted octanol–water partition coefficient (Wildman–Crippen LogP) is 2.63. The summed E-state index contributed by atoms with van der Waals surface area (Å²) in [7, 11) is 0. The minimum absolute atomic E-state index is 0.151. The highest BCUT2D eigenvalue weighted by Gasteiger charge is 2.16. The van der Waals surface area contributed by atoms with Crippen LogP contribution >= 0.6 is 0 Å². The number of aromatic amines is 1. The van der Waals surface area contributed by atoms with Crippen molar-refractivity contribution in [1.82, 2.24) is 24.9 Å². The number of hydrogen-bond acceptors (Lipinski definition) is 6. The van der Waals surface area contributed by atoms with Crippen molar-refractivity contribution in [2.24, 2.45) is 0 Å². The lowest BCUT2D eigenvalue weighted by Gasteiger charge is -2.33. The molecule has 4 aromatic rings. The molecule has 0 spiro atoms. The van der Waals surface area contributed by atoms with Gasteiger partial charge in [-0.15, -0.1) is 0 Å². The molecule has 0 bridgehead atoms. The zero-order valence-corrected chi connectivity index (χ0v) is 16.7. The van der Waals surface area contributed by atoms with Gasteiger partial charge in [-0.3, -0.25) is 4.79 Å². The first-order valence-corrected chi connectivity index (χ1v) is 10.0. The molecule has 1 aliphatic heterocycles. The number of benzene rings is 1. The van der Waals surface area contributed by atoms with Crippen LogP contribution in [0.15, 0.2) is 65.8 Å². The lowest BCUT2D eigenvalue weighted by Crippen LogP contribution is -2.49. The Morgan fingerprint density at radius 1 is 1.13 bits per heavy atom. The van der Waals surface area contributed by atoms with Crippen molar-refractivity contribution in [2.45, 2.75) is 13.0 Å². The third-order valence-corrected chi connectivity index (χ3v) is 5.38. The molecule has 0 amide bonds. The molecule has 1 aromatic carbocycles. The van der Waals surface area contributed by atoms with Crippen LogP contribution in [0.1, 0.15) is 6.92 Å². The number of fused-ring (bicyclic) bond motifs is 1. The summed E-state index contributed by atoms with van der Waals surface area (Å²) in [6.45, 7) is 5.24. The predicted molar refractivity (Wildman–Crippen MR) is 118 cm³/mol. The number of nitrogens with one attached hydrogen (secondary N) is 3. The highest BCUT2D eigenvalue weighted by atomic mass is 16.1. The van der Waals surface area contributed by atoms with Crippen molar-refractivity contribution in [3.63, 3.8) is 0 Å². The molecule has 152 valence electrons. The molecule has 1 atom stereocenters. The Balaban J connectivity index is 1.41. The molecule has 0 radical (unpaired) electrons. The maximum Gasteiger partial charge on any atom is 0.248 e. The highest BCUT2D eigenvalue weighted by Crippen LogP contribution is 2.27.